The first-order valence-corrected chi connectivity index (χ1v) is 7.45. The van der Waals surface area contributed by atoms with Gasteiger partial charge in [0.15, 0.2) is 0 Å². The highest BCUT2D eigenvalue weighted by Crippen LogP contribution is 2.68. The summed E-state index contributed by atoms with van der Waals surface area (Å²) in [4.78, 5) is 0. The molecule has 4 unspecified atom stereocenters. The molecule has 2 fully saturated rings. The zero-order valence-electron chi connectivity index (χ0n) is 10.7. The molecule has 2 saturated carbocycles. The highest BCUT2D eigenvalue weighted by atomic mass is 16.3. The molecule has 8 atom stereocenters. The molecule has 0 amide bonds. The highest BCUT2D eigenvalue weighted by molar-refractivity contribution is 5.29. The summed E-state index contributed by atoms with van der Waals surface area (Å²) in [5.74, 6) is 5.76. The molecule has 2 nitrogen and oxygen atoms in total. The Kier molecular flexibility index (Phi) is 2.46. The van der Waals surface area contributed by atoms with Crippen LogP contribution in [0.1, 0.15) is 12.8 Å². The van der Waals surface area contributed by atoms with Crippen molar-refractivity contribution in [3.05, 3.63) is 24.3 Å². The summed E-state index contributed by atoms with van der Waals surface area (Å²) in [5.41, 5.74) is 0. The van der Waals surface area contributed by atoms with Crippen LogP contribution in [-0.2, 0) is 0 Å². The van der Waals surface area contributed by atoms with E-state index in [1.165, 1.54) is 0 Å². The van der Waals surface area contributed by atoms with Gasteiger partial charge in [0, 0.05) is 13.2 Å². The van der Waals surface area contributed by atoms with Crippen molar-refractivity contribution in [2.24, 2.45) is 47.3 Å². The zero-order valence-corrected chi connectivity index (χ0v) is 10.7. The van der Waals surface area contributed by atoms with E-state index in [0.29, 0.717) is 48.7 Å². The smallest absolute Gasteiger partial charge is 0.0434 e. The normalized spacial score (nSPS) is 54.6. The Morgan fingerprint density at radius 2 is 0.944 bits per heavy atom. The van der Waals surface area contributed by atoms with Gasteiger partial charge in [-0.05, 0) is 60.2 Å². The average Bonchev–Trinajstić information content (AvgIpc) is 3.04. The standard InChI is InChI=1S/C16H22O2/c17-7-5-9-11-1-2-12-10(6-8-18)14-4-3-13(9)16(14)15(11)12/h1-4,9-18H,5-8H2/t9?,10?,11-,12-,13-,14+,15?,16?/m0/s1. The predicted octanol–water partition coefficient (Wildman–Crippen LogP) is 1.85. The first-order chi connectivity index (χ1) is 8.86. The van der Waals surface area contributed by atoms with Crippen LogP contribution in [0, 0.1) is 47.3 Å². The molecule has 4 rings (SSSR count). The number of rotatable bonds is 4. The van der Waals surface area contributed by atoms with E-state index < -0.39 is 0 Å². The van der Waals surface area contributed by atoms with Crippen LogP contribution in [0.4, 0.5) is 0 Å². The van der Waals surface area contributed by atoms with Crippen LogP contribution in [0.25, 0.3) is 0 Å². The quantitative estimate of drug-likeness (QED) is 0.743. The van der Waals surface area contributed by atoms with Crippen molar-refractivity contribution in [2.75, 3.05) is 13.2 Å². The molecule has 0 radical (unpaired) electrons. The van der Waals surface area contributed by atoms with E-state index in [1.807, 2.05) is 0 Å². The van der Waals surface area contributed by atoms with Gasteiger partial charge in [-0.2, -0.15) is 0 Å². The van der Waals surface area contributed by atoms with Gasteiger partial charge in [0.2, 0.25) is 0 Å². The number of aliphatic hydroxyl groups is 2. The first kappa shape index (κ1) is 11.2. The fraction of sp³-hybridized carbons (Fsp3) is 0.750. The van der Waals surface area contributed by atoms with Crippen LogP contribution in [0.3, 0.4) is 0 Å². The van der Waals surface area contributed by atoms with Crippen molar-refractivity contribution >= 4 is 0 Å². The van der Waals surface area contributed by atoms with Crippen LogP contribution in [0.5, 0.6) is 0 Å². The van der Waals surface area contributed by atoms with Crippen molar-refractivity contribution in [2.45, 2.75) is 12.8 Å². The van der Waals surface area contributed by atoms with Gasteiger partial charge >= 0.3 is 0 Å². The molecule has 0 aromatic heterocycles. The maximum atomic E-state index is 9.30. The Morgan fingerprint density at radius 1 is 0.611 bits per heavy atom. The van der Waals surface area contributed by atoms with Gasteiger partial charge in [0.25, 0.3) is 0 Å². The predicted molar refractivity (Wildman–Crippen MR) is 69.6 cm³/mol. The molecule has 4 aliphatic carbocycles. The van der Waals surface area contributed by atoms with Gasteiger partial charge in [-0.15, -0.1) is 0 Å². The van der Waals surface area contributed by atoms with Gasteiger partial charge < -0.3 is 10.2 Å². The van der Waals surface area contributed by atoms with Crippen molar-refractivity contribution in [1.82, 2.24) is 0 Å². The van der Waals surface area contributed by atoms with Gasteiger partial charge in [-0.25, -0.2) is 0 Å². The number of aliphatic hydroxyl groups excluding tert-OH is 2. The monoisotopic (exact) mass is 246 g/mol. The lowest BCUT2D eigenvalue weighted by atomic mass is 9.81. The maximum absolute atomic E-state index is 9.30. The van der Waals surface area contributed by atoms with Crippen LogP contribution in [0.15, 0.2) is 24.3 Å². The van der Waals surface area contributed by atoms with Crippen molar-refractivity contribution in [3.8, 4) is 0 Å². The van der Waals surface area contributed by atoms with Gasteiger partial charge in [-0.1, -0.05) is 24.3 Å². The van der Waals surface area contributed by atoms with E-state index in [9.17, 15) is 10.2 Å². The molecule has 0 bridgehead atoms. The minimum atomic E-state index is 0.328. The van der Waals surface area contributed by atoms with Gasteiger partial charge in [-0.3, -0.25) is 0 Å². The number of hydrogen-bond donors (Lipinski definition) is 2. The van der Waals surface area contributed by atoms with E-state index in [4.69, 9.17) is 0 Å². The maximum Gasteiger partial charge on any atom is 0.0434 e. The number of allylic oxidation sites excluding steroid dienone is 4. The minimum Gasteiger partial charge on any atom is -0.396 e. The Hall–Kier alpha value is -0.600. The van der Waals surface area contributed by atoms with Crippen molar-refractivity contribution in [3.63, 3.8) is 0 Å². The van der Waals surface area contributed by atoms with Crippen molar-refractivity contribution < 1.29 is 10.2 Å². The highest BCUT2D eigenvalue weighted by Gasteiger charge is 2.63. The lowest BCUT2D eigenvalue weighted by Crippen LogP contribution is -2.20. The molecule has 0 saturated heterocycles. The molecule has 2 N–H and O–H groups in total. The third-order valence-electron chi connectivity index (χ3n) is 6.24. The molecule has 0 aromatic rings. The van der Waals surface area contributed by atoms with Crippen LogP contribution >= 0.6 is 0 Å². The Balaban J connectivity index is 1.68. The molecule has 4 aliphatic rings. The zero-order chi connectivity index (χ0) is 12.3. The van der Waals surface area contributed by atoms with Gasteiger partial charge in [0.1, 0.15) is 0 Å². The second-order valence-corrected chi connectivity index (χ2v) is 6.59. The summed E-state index contributed by atoms with van der Waals surface area (Å²) in [5, 5.41) is 18.6. The van der Waals surface area contributed by atoms with E-state index in [1.54, 1.807) is 0 Å². The molecule has 0 aliphatic heterocycles. The lowest BCUT2D eigenvalue weighted by molar-refractivity contribution is 0.195. The summed E-state index contributed by atoms with van der Waals surface area (Å²) in [6.07, 6.45) is 11.7. The Labute approximate surface area is 108 Å². The molecule has 98 valence electrons. The molecule has 0 spiro atoms. The summed E-state index contributed by atoms with van der Waals surface area (Å²) < 4.78 is 0. The third-order valence-corrected chi connectivity index (χ3v) is 6.24. The van der Waals surface area contributed by atoms with Crippen molar-refractivity contribution in [1.29, 1.82) is 0 Å². The fourth-order valence-electron chi connectivity index (χ4n) is 5.86. The average molecular weight is 246 g/mol. The third kappa shape index (κ3) is 1.21. The Bertz CT molecular complexity index is 334. The Morgan fingerprint density at radius 3 is 1.22 bits per heavy atom. The largest absolute Gasteiger partial charge is 0.396 e. The molecule has 0 aromatic carbocycles. The lowest BCUT2D eigenvalue weighted by Gasteiger charge is -2.24. The second kappa shape index (κ2) is 3.94. The van der Waals surface area contributed by atoms with E-state index in [0.717, 1.165) is 24.7 Å². The minimum absolute atomic E-state index is 0.328. The van der Waals surface area contributed by atoms with Gasteiger partial charge in [0.05, 0.1) is 0 Å². The summed E-state index contributed by atoms with van der Waals surface area (Å²) in [7, 11) is 0. The molecule has 0 heterocycles. The van der Waals surface area contributed by atoms with E-state index in [-0.39, 0.29) is 0 Å². The van der Waals surface area contributed by atoms with Crippen LogP contribution < -0.4 is 0 Å². The second-order valence-electron chi connectivity index (χ2n) is 6.59. The topological polar surface area (TPSA) is 40.5 Å². The number of hydrogen-bond acceptors (Lipinski definition) is 2. The summed E-state index contributed by atoms with van der Waals surface area (Å²) in [6.45, 7) is 0.655. The first-order valence-electron chi connectivity index (χ1n) is 7.45. The molecular formula is C16H22O2. The summed E-state index contributed by atoms with van der Waals surface area (Å²) >= 11 is 0. The fourth-order valence-corrected chi connectivity index (χ4v) is 5.86. The van der Waals surface area contributed by atoms with E-state index in [2.05, 4.69) is 24.3 Å². The SMILES string of the molecule is OCCC1[C@H]2C=C[C@H]3C(CCO)[C@@H]4C=C[C@@H]1C4C23. The summed E-state index contributed by atoms with van der Waals surface area (Å²) in [6, 6.07) is 0. The molecule has 2 heteroatoms. The molecular weight excluding hydrogens is 224 g/mol. The molecule has 18 heavy (non-hydrogen) atoms. The van der Waals surface area contributed by atoms with Crippen LogP contribution in [0.2, 0.25) is 0 Å². The van der Waals surface area contributed by atoms with E-state index >= 15 is 0 Å². The van der Waals surface area contributed by atoms with Crippen LogP contribution in [-0.4, -0.2) is 23.4 Å².